The van der Waals surface area contributed by atoms with Crippen molar-refractivity contribution in [3.8, 4) is 0 Å². The average molecular weight is 435 g/mol. The lowest BCUT2D eigenvalue weighted by Gasteiger charge is -2.40. The third-order valence-corrected chi connectivity index (χ3v) is 5.03. The summed E-state index contributed by atoms with van der Waals surface area (Å²) in [5, 5.41) is 13.9. The van der Waals surface area contributed by atoms with E-state index in [1.807, 2.05) is 18.7 Å². The highest BCUT2D eigenvalue weighted by Crippen LogP contribution is 2.30. The first kappa shape index (κ1) is 22.5. The zero-order valence-corrected chi connectivity index (χ0v) is 17.0. The van der Waals surface area contributed by atoms with Crippen LogP contribution >= 0.6 is 0 Å². The third kappa shape index (κ3) is 5.12. The van der Waals surface area contributed by atoms with Gasteiger partial charge in [-0.3, -0.25) is 19.8 Å². The van der Waals surface area contributed by atoms with Crippen LogP contribution in [-0.2, 0) is 4.74 Å². The van der Waals surface area contributed by atoms with E-state index >= 15 is 0 Å². The Kier molecular flexibility index (Phi) is 6.76. The molecule has 2 heterocycles. The number of benzene rings is 1. The molecule has 31 heavy (non-hydrogen) atoms. The number of ether oxygens (including phenoxy) is 1. The number of amides is 1. The smallest absolute Gasteiger partial charge is 0.288 e. The van der Waals surface area contributed by atoms with E-state index in [2.05, 4.69) is 10.3 Å². The molecule has 166 valence electrons. The van der Waals surface area contributed by atoms with Gasteiger partial charge in [0.1, 0.15) is 23.6 Å². The van der Waals surface area contributed by atoms with E-state index in [0.29, 0.717) is 13.1 Å². The minimum absolute atomic E-state index is 0.00537. The molecule has 3 N–H and O–H groups in total. The van der Waals surface area contributed by atoms with E-state index in [4.69, 9.17) is 10.5 Å². The van der Waals surface area contributed by atoms with Crippen LogP contribution in [0, 0.1) is 21.7 Å². The van der Waals surface area contributed by atoms with Gasteiger partial charge in [0.25, 0.3) is 11.6 Å². The molecule has 9 nitrogen and oxygen atoms in total. The molecule has 0 bridgehead atoms. The van der Waals surface area contributed by atoms with Crippen LogP contribution in [0.25, 0.3) is 0 Å². The molecule has 3 unspecified atom stereocenters. The number of nitro groups is 1. The summed E-state index contributed by atoms with van der Waals surface area (Å²) in [6.07, 6.45) is 0.673. The minimum atomic E-state index is -0.916. The van der Waals surface area contributed by atoms with Gasteiger partial charge in [-0.25, -0.2) is 13.8 Å². The number of primary amides is 1. The summed E-state index contributed by atoms with van der Waals surface area (Å²) in [5.74, 6) is -2.33. The van der Waals surface area contributed by atoms with Crippen LogP contribution in [0.1, 0.15) is 35.8 Å². The Morgan fingerprint density at radius 1 is 1.35 bits per heavy atom. The summed E-state index contributed by atoms with van der Waals surface area (Å²) >= 11 is 0. The summed E-state index contributed by atoms with van der Waals surface area (Å²) in [5.41, 5.74) is 4.63. The highest BCUT2D eigenvalue weighted by molar-refractivity contribution is 5.98. The van der Waals surface area contributed by atoms with Crippen molar-refractivity contribution in [2.24, 2.45) is 5.73 Å². The van der Waals surface area contributed by atoms with E-state index in [-0.39, 0.29) is 35.7 Å². The maximum atomic E-state index is 14.6. The second-order valence-electron chi connectivity index (χ2n) is 7.45. The molecule has 3 rings (SSSR count). The molecule has 0 aliphatic carbocycles. The minimum Gasteiger partial charge on any atom is -0.373 e. The fourth-order valence-electron chi connectivity index (χ4n) is 3.79. The van der Waals surface area contributed by atoms with Crippen LogP contribution in [0.4, 0.5) is 20.3 Å². The SMILES string of the molecule is CC1CN(C(CNc2ncc([N+](=O)[O-])cc2C(N)=O)c2c(F)cccc2F)CC(C)O1. The number of rotatable bonds is 7. The van der Waals surface area contributed by atoms with E-state index < -0.39 is 34.2 Å². The monoisotopic (exact) mass is 435 g/mol. The fourth-order valence-corrected chi connectivity index (χ4v) is 3.79. The summed E-state index contributed by atoms with van der Waals surface area (Å²) in [4.78, 5) is 27.9. The number of halogens is 2. The molecule has 1 fully saturated rings. The van der Waals surface area contributed by atoms with Gasteiger partial charge in [0.2, 0.25) is 0 Å². The first-order chi connectivity index (χ1) is 14.7. The molecule has 0 radical (unpaired) electrons. The van der Waals surface area contributed by atoms with E-state index in [0.717, 1.165) is 12.3 Å². The zero-order chi connectivity index (χ0) is 22.7. The molecule has 3 atom stereocenters. The van der Waals surface area contributed by atoms with Gasteiger partial charge < -0.3 is 15.8 Å². The van der Waals surface area contributed by atoms with Crippen molar-refractivity contribution in [3.63, 3.8) is 0 Å². The normalized spacial score (nSPS) is 20.3. The predicted molar refractivity (Wildman–Crippen MR) is 109 cm³/mol. The molecule has 0 spiro atoms. The standard InChI is InChI=1S/C20H23F2N5O4/c1-11-9-26(10-12(2)31-11)17(18-15(21)4-3-5-16(18)22)8-25-20-14(19(23)28)6-13(7-24-20)27(29)30/h3-7,11-12,17H,8-10H2,1-2H3,(H2,23,28)(H,24,25). The van der Waals surface area contributed by atoms with Crippen LogP contribution in [0.3, 0.4) is 0 Å². The quantitative estimate of drug-likeness (QED) is 0.506. The number of carbonyl (C=O) groups is 1. The lowest BCUT2D eigenvalue weighted by molar-refractivity contribution is -0.385. The average Bonchev–Trinajstić information content (AvgIpc) is 2.69. The molecule has 1 aromatic heterocycles. The van der Waals surface area contributed by atoms with E-state index in [9.17, 15) is 23.7 Å². The summed E-state index contributed by atoms with van der Waals surface area (Å²) in [6, 6.07) is 3.89. The first-order valence-electron chi connectivity index (χ1n) is 9.69. The van der Waals surface area contributed by atoms with Gasteiger partial charge in [-0.2, -0.15) is 0 Å². The first-order valence-corrected chi connectivity index (χ1v) is 9.69. The molecular weight excluding hydrogens is 412 g/mol. The predicted octanol–water partition coefficient (Wildman–Crippen LogP) is 2.63. The number of carbonyl (C=O) groups excluding carboxylic acids is 1. The Bertz CT molecular complexity index is 960. The Balaban J connectivity index is 1.95. The summed E-state index contributed by atoms with van der Waals surface area (Å²) in [7, 11) is 0. The van der Waals surface area contributed by atoms with Crippen LogP contribution < -0.4 is 11.1 Å². The van der Waals surface area contributed by atoms with Gasteiger partial charge in [-0.15, -0.1) is 0 Å². The molecule has 2 aromatic rings. The van der Waals surface area contributed by atoms with Crippen LogP contribution in [0.5, 0.6) is 0 Å². The largest absolute Gasteiger partial charge is 0.373 e. The Morgan fingerprint density at radius 2 is 1.97 bits per heavy atom. The number of hydrogen-bond donors (Lipinski definition) is 2. The number of nitrogens with zero attached hydrogens (tertiary/aromatic N) is 3. The van der Waals surface area contributed by atoms with Crippen molar-refractivity contribution in [3.05, 3.63) is 63.3 Å². The number of anilines is 1. The van der Waals surface area contributed by atoms with Gasteiger partial charge in [-0.1, -0.05) is 6.07 Å². The van der Waals surface area contributed by atoms with Crippen molar-refractivity contribution in [2.75, 3.05) is 25.0 Å². The fraction of sp³-hybridized carbons (Fsp3) is 0.400. The number of morpholine rings is 1. The molecule has 1 aliphatic rings. The van der Waals surface area contributed by atoms with Crippen molar-refractivity contribution in [1.29, 1.82) is 0 Å². The number of nitrogens with one attached hydrogen (secondary N) is 1. The lowest BCUT2D eigenvalue weighted by Crippen LogP contribution is -2.48. The zero-order valence-electron chi connectivity index (χ0n) is 17.0. The van der Waals surface area contributed by atoms with Gasteiger partial charge in [0.15, 0.2) is 0 Å². The van der Waals surface area contributed by atoms with Crippen LogP contribution in [-0.4, -0.2) is 52.6 Å². The van der Waals surface area contributed by atoms with Crippen molar-refractivity contribution in [1.82, 2.24) is 9.88 Å². The summed E-state index contributed by atoms with van der Waals surface area (Å²) in [6.45, 7) is 4.58. The Labute approximate surface area is 177 Å². The van der Waals surface area contributed by atoms with Gasteiger partial charge in [0, 0.05) is 31.3 Å². The van der Waals surface area contributed by atoms with E-state index in [1.54, 1.807) is 0 Å². The topological polar surface area (TPSA) is 124 Å². The number of aromatic nitrogens is 1. The maximum Gasteiger partial charge on any atom is 0.288 e. The second kappa shape index (κ2) is 9.31. The molecule has 0 saturated carbocycles. The number of nitrogens with two attached hydrogens (primary N) is 1. The molecule has 1 aromatic carbocycles. The van der Waals surface area contributed by atoms with Crippen molar-refractivity contribution < 1.29 is 23.2 Å². The van der Waals surface area contributed by atoms with Gasteiger partial charge in [0.05, 0.1) is 28.7 Å². The highest BCUT2D eigenvalue weighted by Gasteiger charge is 2.32. The van der Waals surface area contributed by atoms with Crippen molar-refractivity contribution in [2.45, 2.75) is 32.1 Å². The van der Waals surface area contributed by atoms with Crippen molar-refractivity contribution >= 4 is 17.4 Å². The van der Waals surface area contributed by atoms with Gasteiger partial charge >= 0.3 is 0 Å². The Morgan fingerprint density at radius 3 is 2.52 bits per heavy atom. The molecule has 1 saturated heterocycles. The van der Waals surface area contributed by atoms with Crippen LogP contribution in [0.15, 0.2) is 30.5 Å². The summed E-state index contributed by atoms with van der Waals surface area (Å²) < 4.78 is 35.0. The molecule has 1 amide bonds. The maximum absolute atomic E-state index is 14.6. The molecule has 1 aliphatic heterocycles. The number of hydrogen-bond acceptors (Lipinski definition) is 7. The van der Waals surface area contributed by atoms with Crippen LogP contribution in [0.2, 0.25) is 0 Å². The molecular formula is C20H23F2N5O4. The number of pyridine rings is 1. The van der Waals surface area contributed by atoms with E-state index in [1.165, 1.54) is 18.2 Å². The molecule has 11 heteroatoms. The lowest BCUT2D eigenvalue weighted by atomic mass is 10.0. The van der Waals surface area contributed by atoms with Gasteiger partial charge in [-0.05, 0) is 26.0 Å². The second-order valence-corrected chi connectivity index (χ2v) is 7.45. The third-order valence-electron chi connectivity index (χ3n) is 5.03. The Hall–Kier alpha value is -3.18. The highest BCUT2D eigenvalue weighted by atomic mass is 19.1.